The van der Waals surface area contributed by atoms with Crippen molar-refractivity contribution in [2.24, 2.45) is 0 Å². The van der Waals surface area contributed by atoms with Crippen LogP contribution in [0.2, 0.25) is 0 Å². The number of nitrogens with zero attached hydrogens (tertiary/aromatic N) is 1. The molecule has 0 amide bonds. The molecule has 2 N–H and O–H groups in total. The average Bonchev–Trinajstić information content (AvgIpc) is 2.95. The predicted molar refractivity (Wildman–Crippen MR) is 67.1 cm³/mol. The molecule has 0 aliphatic heterocycles. The van der Waals surface area contributed by atoms with E-state index in [1.807, 2.05) is 0 Å². The zero-order valence-electron chi connectivity index (χ0n) is 10.9. The summed E-state index contributed by atoms with van der Waals surface area (Å²) < 4.78 is 0. The molecular formula is C13H24N2O2. The van der Waals surface area contributed by atoms with Gasteiger partial charge in [-0.1, -0.05) is 6.92 Å². The molecule has 0 radical (unpaired) electrons. The summed E-state index contributed by atoms with van der Waals surface area (Å²) in [7, 11) is 2.11. The van der Waals surface area contributed by atoms with Crippen LogP contribution >= 0.6 is 0 Å². The summed E-state index contributed by atoms with van der Waals surface area (Å²) in [5.41, 5.74) is -0.645. The molecule has 2 atom stereocenters. The highest BCUT2D eigenvalue weighted by Gasteiger charge is 2.48. The molecule has 2 aliphatic carbocycles. The smallest absolute Gasteiger partial charge is 0.323 e. The van der Waals surface area contributed by atoms with Crippen LogP contribution < -0.4 is 5.32 Å². The number of hydrogen-bond acceptors (Lipinski definition) is 3. The third-order valence-corrected chi connectivity index (χ3v) is 4.16. The van der Waals surface area contributed by atoms with Crippen molar-refractivity contribution in [3.8, 4) is 0 Å². The lowest BCUT2D eigenvalue weighted by molar-refractivity contribution is -0.145. The molecule has 2 saturated carbocycles. The van der Waals surface area contributed by atoms with Gasteiger partial charge in [0.25, 0.3) is 0 Å². The zero-order chi connectivity index (χ0) is 12.5. The number of carboxylic acids is 1. The van der Waals surface area contributed by atoms with Crippen LogP contribution in [0.1, 0.15) is 45.4 Å². The van der Waals surface area contributed by atoms with E-state index in [9.17, 15) is 9.90 Å². The molecule has 0 spiro atoms. The van der Waals surface area contributed by atoms with E-state index in [0.717, 1.165) is 45.1 Å². The van der Waals surface area contributed by atoms with Gasteiger partial charge in [0, 0.05) is 12.1 Å². The van der Waals surface area contributed by atoms with E-state index >= 15 is 0 Å². The highest BCUT2D eigenvalue weighted by atomic mass is 16.4. The van der Waals surface area contributed by atoms with Crippen molar-refractivity contribution in [3.05, 3.63) is 0 Å². The molecule has 17 heavy (non-hydrogen) atoms. The molecular weight excluding hydrogens is 216 g/mol. The highest BCUT2D eigenvalue weighted by molar-refractivity contribution is 5.79. The van der Waals surface area contributed by atoms with Crippen LogP contribution in [0.3, 0.4) is 0 Å². The van der Waals surface area contributed by atoms with Gasteiger partial charge in [-0.05, 0) is 52.1 Å². The Kier molecular flexibility index (Phi) is 3.73. The number of carbonyl (C=O) groups is 1. The molecule has 0 saturated heterocycles. The van der Waals surface area contributed by atoms with Gasteiger partial charge >= 0.3 is 5.97 Å². The first-order chi connectivity index (χ1) is 8.07. The standard InChI is InChI=1S/C13H24N2O2/c1-3-8-15(2)11-6-7-13(9-11,12(16)17)14-10-4-5-10/h10-11,14H,3-9H2,1-2H3,(H,16,17). The molecule has 2 unspecified atom stereocenters. The molecule has 4 nitrogen and oxygen atoms in total. The quantitative estimate of drug-likeness (QED) is 0.738. The Morgan fingerprint density at radius 2 is 2.18 bits per heavy atom. The fourth-order valence-electron chi connectivity index (χ4n) is 2.94. The third-order valence-electron chi connectivity index (χ3n) is 4.16. The number of hydrogen-bond donors (Lipinski definition) is 2. The van der Waals surface area contributed by atoms with Gasteiger partial charge in [-0.3, -0.25) is 10.1 Å². The summed E-state index contributed by atoms with van der Waals surface area (Å²) in [4.78, 5) is 13.9. The molecule has 0 aromatic rings. The van der Waals surface area contributed by atoms with E-state index in [1.54, 1.807) is 0 Å². The summed E-state index contributed by atoms with van der Waals surface area (Å²) in [6.45, 7) is 3.22. The second-order valence-electron chi connectivity index (χ2n) is 5.68. The Morgan fingerprint density at radius 3 is 2.71 bits per heavy atom. The number of aliphatic carboxylic acids is 1. The van der Waals surface area contributed by atoms with Gasteiger partial charge in [0.2, 0.25) is 0 Å². The summed E-state index contributed by atoms with van der Waals surface area (Å²) in [6.07, 6.45) is 5.95. The van der Waals surface area contributed by atoms with E-state index < -0.39 is 11.5 Å². The van der Waals surface area contributed by atoms with Crippen LogP contribution in [0.25, 0.3) is 0 Å². The van der Waals surface area contributed by atoms with E-state index in [4.69, 9.17) is 0 Å². The lowest BCUT2D eigenvalue weighted by Crippen LogP contribution is -2.52. The lowest BCUT2D eigenvalue weighted by Gasteiger charge is -2.28. The topological polar surface area (TPSA) is 52.6 Å². The molecule has 2 rings (SSSR count). The van der Waals surface area contributed by atoms with Crippen LogP contribution in [0.15, 0.2) is 0 Å². The lowest BCUT2D eigenvalue weighted by atomic mass is 9.97. The van der Waals surface area contributed by atoms with Gasteiger partial charge in [0.15, 0.2) is 0 Å². The Morgan fingerprint density at radius 1 is 1.47 bits per heavy atom. The van der Waals surface area contributed by atoms with Gasteiger partial charge in [0.05, 0.1) is 0 Å². The monoisotopic (exact) mass is 240 g/mol. The van der Waals surface area contributed by atoms with E-state index in [0.29, 0.717) is 12.1 Å². The van der Waals surface area contributed by atoms with Gasteiger partial charge < -0.3 is 10.0 Å². The minimum absolute atomic E-state index is 0.428. The minimum Gasteiger partial charge on any atom is -0.480 e. The van der Waals surface area contributed by atoms with Crippen LogP contribution in [-0.4, -0.2) is 47.2 Å². The van der Waals surface area contributed by atoms with E-state index in [2.05, 4.69) is 24.2 Å². The first-order valence-electron chi connectivity index (χ1n) is 6.79. The molecule has 0 aromatic carbocycles. The summed E-state index contributed by atoms with van der Waals surface area (Å²) in [5.74, 6) is -0.656. The van der Waals surface area contributed by atoms with Crippen LogP contribution in [0, 0.1) is 0 Å². The van der Waals surface area contributed by atoms with Crippen molar-refractivity contribution in [2.45, 2.75) is 63.1 Å². The van der Waals surface area contributed by atoms with E-state index in [1.165, 1.54) is 0 Å². The van der Waals surface area contributed by atoms with Crippen molar-refractivity contribution in [1.82, 2.24) is 10.2 Å². The average molecular weight is 240 g/mol. The van der Waals surface area contributed by atoms with Crippen molar-refractivity contribution in [1.29, 1.82) is 0 Å². The fraction of sp³-hybridized carbons (Fsp3) is 0.923. The number of nitrogens with one attached hydrogen (secondary N) is 1. The minimum atomic E-state index is -0.656. The van der Waals surface area contributed by atoms with Crippen LogP contribution in [0.5, 0.6) is 0 Å². The third kappa shape index (κ3) is 2.80. The van der Waals surface area contributed by atoms with Crippen LogP contribution in [0.4, 0.5) is 0 Å². The largest absolute Gasteiger partial charge is 0.480 e. The summed E-state index contributed by atoms with van der Waals surface area (Å²) in [5, 5.41) is 12.9. The van der Waals surface area contributed by atoms with Gasteiger partial charge in [-0.25, -0.2) is 0 Å². The molecule has 0 heterocycles. The van der Waals surface area contributed by atoms with E-state index in [-0.39, 0.29) is 0 Å². The van der Waals surface area contributed by atoms with Crippen molar-refractivity contribution in [3.63, 3.8) is 0 Å². The normalized spacial score (nSPS) is 33.2. The second-order valence-corrected chi connectivity index (χ2v) is 5.68. The maximum absolute atomic E-state index is 11.5. The highest BCUT2D eigenvalue weighted by Crippen LogP contribution is 2.36. The Balaban J connectivity index is 1.97. The van der Waals surface area contributed by atoms with Gasteiger partial charge in [0.1, 0.15) is 5.54 Å². The Hall–Kier alpha value is -0.610. The van der Waals surface area contributed by atoms with Crippen molar-refractivity contribution < 1.29 is 9.90 Å². The Labute approximate surface area is 103 Å². The zero-order valence-corrected chi connectivity index (χ0v) is 10.9. The SMILES string of the molecule is CCCN(C)C1CCC(NC2CC2)(C(=O)O)C1. The maximum atomic E-state index is 11.5. The molecule has 98 valence electrons. The van der Waals surface area contributed by atoms with Crippen LogP contribution in [-0.2, 0) is 4.79 Å². The van der Waals surface area contributed by atoms with Gasteiger partial charge in [-0.15, -0.1) is 0 Å². The molecule has 2 fully saturated rings. The number of carboxylic acid groups (broad SMARTS) is 1. The predicted octanol–water partition coefficient (Wildman–Crippen LogP) is 1.46. The Bertz CT molecular complexity index is 291. The summed E-state index contributed by atoms with van der Waals surface area (Å²) in [6, 6.07) is 0.888. The first kappa shape index (κ1) is 12.8. The number of rotatable bonds is 6. The molecule has 0 aromatic heterocycles. The summed E-state index contributed by atoms with van der Waals surface area (Å²) >= 11 is 0. The first-order valence-corrected chi connectivity index (χ1v) is 6.79. The molecule has 4 heteroatoms. The van der Waals surface area contributed by atoms with Crippen molar-refractivity contribution >= 4 is 5.97 Å². The van der Waals surface area contributed by atoms with Crippen molar-refractivity contribution in [2.75, 3.05) is 13.6 Å². The fourth-order valence-corrected chi connectivity index (χ4v) is 2.94. The molecule has 0 bridgehead atoms. The van der Waals surface area contributed by atoms with Gasteiger partial charge in [-0.2, -0.15) is 0 Å². The maximum Gasteiger partial charge on any atom is 0.323 e. The molecule has 2 aliphatic rings. The second kappa shape index (κ2) is 4.94.